The summed E-state index contributed by atoms with van der Waals surface area (Å²) in [5, 5.41) is 2.89. The number of anilines is 3. The van der Waals surface area contributed by atoms with Crippen LogP contribution in [0.4, 0.5) is 17.1 Å². The molecule has 170 valence electrons. The first-order valence-electron chi connectivity index (χ1n) is 9.68. The monoisotopic (exact) mass is 486 g/mol. The Kier molecular flexibility index (Phi) is 5.35. The molecule has 1 aliphatic rings. The van der Waals surface area contributed by atoms with Crippen LogP contribution in [0.2, 0.25) is 0 Å². The van der Waals surface area contributed by atoms with E-state index in [2.05, 4.69) is 5.32 Å². The van der Waals surface area contributed by atoms with Crippen molar-refractivity contribution in [2.75, 3.05) is 16.8 Å². The van der Waals surface area contributed by atoms with Gasteiger partial charge < -0.3 is 11.1 Å². The number of nitrogens with one attached hydrogen (secondary N) is 1. The largest absolute Gasteiger partial charge is 0.397 e. The predicted octanol–water partition coefficient (Wildman–Crippen LogP) is 2.83. The van der Waals surface area contributed by atoms with E-state index in [1.54, 1.807) is 30.3 Å². The lowest BCUT2D eigenvalue weighted by Crippen LogP contribution is -2.25. The van der Waals surface area contributed by atoms with E-state index in [9.17, 15) is 31.0 Å². The van der Waals surface area contributed by atoms with Crippen LogP contribution in [0.3, 0.4) is 0 Å². The Morgan fingerprint density at radius 1 is 0.879 bits per heavy atom. The normalized spacial score (nSPS) is 13.4. The number of rotatable bonds is 5. The SMILES string of the molecule is CCS(=O)(=O)c1ccc2c(c1)C(=O)c1c(Nc3ccccc3)cc(S(=O)(=O)O)c(N)c1C2=O. The molecule has 0 bridgehead atoms. The number of hydrogen-bond donors (Lipinski definition) is 3. The van der Waals surface area contributed by atoms with E-state index >= 15 is 0 Å². The minimum Gasteiger partial charge on any atom is -0.397 e. The topological polar surface area (TPSA) is 161 Å². The van der Waals surface area contributed by atoms with Gasteiger partial charge >= 0.3 is 0 Å². The third-order valence-corrected chi connectivity index (χ3v) is 7.96. The van der Waals surface area contributed by atoms with Crippen LogP contribution in [0.1, 0.15) is 38.8 Å². The highest BCUT2D eigenvalue weighted by Gasteiger charge is 2.37. The molecular formula is C22H18N2O7S2. The summed E-state index contributed by atoms with van der Waals surface area (Å²) < 4.78 is 58.2. The Morgan fingerprint density at radius 2 is 1.52 bits per heavy atom. The third kappa shape index (κ3) is 3.80. The predicted molar refractivity (Wildman–Crippen MR) is 121 cm³/mol. The molecule has 33 heavy (non-hydrogen) atoms. The van der Waals surface area contributed by atoms with Crippen molar-refractivity contribution in [3.8, 4) is 0 Å². The van der Waals surface area contributed by atoms with Crippen molar-refractivity contribution >= 4 is 48.6 Å². The zero-order valence-corrected chi connectivity index (χ0v) is 18.8. The van der Waals surface area contributed by atoms with Gasteiger partial charge in [0.15, 0.2) is 21.4 Å². The van der Waals surface area contributed by atoms with Gasteiger partial charge in [-0.2, -0.15) is 8.42 Å². The number of ketones is 2. The first-order chi connectivity index (χ1) is 15.5. The van der Waals surface area contributed by atoms with Crippen LogP contribution in [0, 0.1) is 0 Å². The van der Waals surface area contributed by atoms with Crippen LogP contribution in [-0.2, 0) is 20.0 Å². The highest BCUT2D eigenvalue weighted by molar-refractivity contribution is 7.91. The van der Waals surface area contributed by atoms with Gasteiger partial charge in [0.25, 0.3) is 10.1 Å². The number of carbonyl (C=O) groups excluding carboxylic acids is 2. The summed E-state index contributed by atoms with van der Waals surface area (Å²) in [7, 11) is -8.50. The smallest absolute Gasteiger partial charge is 0.296 e. The maximum Gasteiger partial charge on any atom is 0.296 e. The van der Waals surface area contributed by atoms with Gasteiger partial charge in [-0.25, -0.2) is 8.42 Å². The highest BCUT2D eigenvalue weighted by Crippen LogP contribution is 2.40. The van der Waals surface area contributed by atoms with E-state index < -0.39 is 42.1 Å². The fraction of sp³-hybridized carbons (Fsp3) is 0.0909. The molecule has 0 amide bonds. The van der Waals surface area contributed by atoms with E-state index in [1.165, 1.54) is 19.1 Å². The number of hydrogen-bond acceptors (Lipinski definition) is 8. The molecule has 0 radical (unpaired) electrons. The maximum atomic E-state index is 13.5. The molecular weight excluding hydrogens is 468 g/mol. The fourth-order valence-electron chi connectivity index (χ4n) is 3.67. The van der Waals surface area contributed by atoms with Gasteiger partial charge in [-0.05, 0) is 36.4 Å². The second-order valence-corrected chi connectivity index (χ2v) is 11.0. The lowest BCUT2D eigenvalue weighted by molar-refractivity contribution is 0.0980. The quantitative estimate of drug-likeness (QED) is 0.284. The van der Waals surface area contributed by atoms with E-state index in [0.717, 1.165) is 12.1 Å². The lowest BCUT2D eigenvalue weighted by atomic mass is 9.82. The number of nitrogen functional groups attached to an aromatic ring is 1. The second kappa shape index (κ2) is 7.80. The number of para-hydroxylation sites is 1. The van der Waals surface area contributed by atoms with Crippen molar-refractivity contribution in [2.24, 2.45) is 0 Å². The van der Waals surface area contributed by atoms with Gasteiger partial charge in [0.1, 0.15) is 4.90 Å². The highest BCUT2D eigenvalue weighted by atomic mass is 32.2. The number of benzene rings is 3. The lowest BCUT2D eigenvalue weighted by Gasteiger charge is -2.24. The molecule has 4 N–H and O–H groups in total. The number of nitrogens with two attached hydrogens (primary N) is 1. The number of fused-ring (bicyclic) bond motifs is 2. The van der Waals surface area contributed by atoms with Crippen molar-refractivity contribution in [3.63, 3.8) is 0 Å². The van der Waals surface area contributed by atoms with Gasteiger partial charge in [0, 0.05) is 16.8 Å². The molecule has 0 aliphatic heterocycles. The molecule has 3 aromatic rings. The third-order valence-electron chi connectivity index (χ3n) is 5.33. The van der Waals surface area contributed by atoms with Crippen molar-refractivity contribution in [1.82, 2.24) is 0 Å². The minimum atomic E-state index is -4.84. The summed E-state index contributed by atoms with van der Waals surface area (Å²) in [5.74, 6) is -1.67. The van der Waals surface area contributed by atoms with Gasteiger partial charge in [-0.15, -0.1) is 0 Å². The first kappa shape index (κ1) is 22.6. The first-order valence-corrected chi connectivity index (χ1v) is 12.8. The molecule has 0 saturated heterocycles. The molecule has 0 atom stereocenters. The zero-order valence-electron chi connectivity index (χ0n) is 17.2. The van der Waals surface area contributed by atoms with E-state index in [4.69, 9.17) is 5.73 Å². The molecule has 0 unspecified atom stereocenters. The van der Waals surface area contributed by atoms with Crippen molar-refractivity contribution in [1.29, 1.82) is 0 Å². The van der Waals surface area contributed by atoms with Crippen molar-refractivity contribution in [2.45, 2.75) is 16.7 Å². The molecule has 4 rings (SSSR count). The maximum absolute atomic E-state index is 13.5. The van der Waals surface area contributed by atoms with Crippen LogP contribution >= 0.6 is 0 Å². The van der Waals surface area contributed by atoms with Gasteiger partial charge in [-0.3, -0.25) is 14.1 Å². The van der Waals surface area contributed by atoms with Crippen LogP contribution in [0.5, 0.6) is 0 Å². The molecule has 11 heteroatoms. The fourth-order valence-corrected chi connectivity index (χ4v) is 5.23. The summed E-state index contributed by atoms with van der Waals surface area (Å²) >= 11 is 0. The van der Waals surface area contributed by atoms with E-state index in [-0.39, 0.29) is 38.6 Å². The average Bonchev–Trinajstić information content (AvgIpc) is 2.77. The molecule has 0 spiro atoms. The van der Waals surface area contributed by atoms with E-state index in [1.807, 2.05) is 0 Å². The second-order valence-electron chi connectivity index (χ2n) is 7.32. The number of sulfone groups is 1. The van der Waals surface area contributed by atoms with Crippen LogP contribution < -0.4 is 11.1 Å². The summed E-state index contributed by atoms with van der Waals surface area (Å²) in [5.41, 5.74) is 4.91. The van der Waals surface area contributed by atoms with E-state index in [0.29, 0.717) is 5.69 Å². The molecule has 0 aromatic heterocycles. The van der Waals surface area contributed by atoms with Crippen LogP contribution in [0.25, 0.3) is 0 Å². The summed E-state index contributed by atoms with van der Waals surface area (Å²) in [6.45, 7) is 1.45. The molecule has 3 aromatic carbocycles. The number of carbonyl (C=O) groups is 2. The van der Waals surface area contributed by atoms with Gasteiger partial charge in [0.05, 0.1) is 33.2 Å². The van der Waals surface area contributed by atoms with Crippen molar-refractivity contribution in [3.05, 3.63) is 76.9 Å². The zero-order chi connectivity index (χ0) is 24.1. The Hall–Kier alpha value is -3.54. The molecule has 9 nitrogen and oxygen atoms in total. The molecule has 0 saturated carbocycles. The standard InChI is InChI=1S/C22H18N2O7S2/c1-2-32(27,28)13-8-9-14-15(10-13)22(26)18-16(24-12-6-4-3-5-7-12)11-17(33(29,30)31)20(23)19(18)21(14)25/h3-11,24H,2,23H2,1H3,(H,29,30,31). The van der Waals surface area contributed by atoms with Crippen molar-refractivity contribution < 1.29 is 31.0 Å². The van der Waals surface area contributed by atoms with Gasteiger partial charge in [0.2, 0.25) is 0 Å². The summed E-state index contributed by atoms with van der Waals surface area (Å²) in [6, 6.07) is 12.9. The van der Waals surface area contributed by atoms with Gasteiger partial charge in [-0.1, -0.05) is 25.1 Å². The average molecular weight is 487 g/mol. The summed E-state index contributed by atoms with van der Waals surface area (Å²) in [4.78, 5) is 25.9. The summed E-state index contributed by atoms with van der Waals surface area (Å²) in [6.07, 6.45) is 0. The minimum absolute atomic E-state index is 0.0780. The Labute approximate surface area is 189 Å². The van der Waals surface area contributed by atoms with Crippen LogP contribution in [-0.4, -0.2) is 38.7 Å². The Morgan fingerprint density at radius 3 is 2.12 bits per heavy atom. The molecule has 0 fully saturated rings. The Bertz CT molecular complexity index is 1550. The molecule has 1 aliphatic carbocycles. The Balaban J connectivity index is 2.02. The van der Waals surface area contributed by atoms with Crippen LogP contribution in [0.15, 0.2) is 64.4 Å². The molecule has 0 heterocycles.